The van der Waals surface area contributed by atoms with Gasteiger partial charge in [-0.05, 0) is 52.7 Å². The molecule has 0 saturated carbocycles. The second-order valence-corrected chi connectivity index (χ2v) is 5.04. The monoisotopic (exact) mass is 200 g/mol. The number of aliphatic hydroxyl groups is 1. The van der Waals surface area contributed by atoms with E-state index in [9.17, 15) is 5.11 Å². The largest absolute Gasteiger partial charge is 0.394 e. The van der Waals surface area contributed by atoms with Crippen LogP contribution < -0.4 is 5.32 Å². The minimum absolute atomic E-state index is 0.0785. The molecule has 1 heterocycles. The van der Waals surface area contributed by atoms with Crippen LogP contribution in [0.15, 0.2) is 0 Å². The topological polar surface area (TPSA) is 35.5 Å². The molecule has 0 aliphatic carbocycles. The predicted molar refractivity (Wildman–Crippen MR) is 59.4 cm³/mol. The number of piperidine rings is 1. The highest BCUT2D eigenvalue weighted by atomic mass is 16.3. The van der Waals surface area contributed by atoms with Crippen molar-refractivity contribution >= 4 is 0 Å². The number of nitrogens with one attached hydrogen (secondary N) is 1. The van der Waals surface area contributed by atoms with E-state index in [0.717, 1.165) is 25.6 Å². The van der Waals surface area contributed by atoms with Gasteiger partial charge in [0.25, 0.3) is 0 Å². The van der Waals surface area contributed by atoms with Crippen LogP contribution in [0.25, 0.3) is 0 Å². The Hall–Kier alpha value is -0.120. The first-order valence-electron chi connectivity index (χ1n) is 5.59. The lowest BCUT2D eigenvalue weighted by Crippen LogP contribution is -2.47. The summed E-state index contributed by atoms with van der Waals surface area (Å²) >= 11 is 0. The number of aliphatic hydroxyl groups excluding tert-OH is 1. The Labute approximate surface area is 87.5 Å². The fourth-order valence-corrected chi connectivity index (χ4v) is 1.82. The SMILES string of the molecule is CN(CC1CCNCC1)C(C)(C)CO. The number of hydrogen-bond donors (Lipinski definition) is 2. The first-order valence-corrected chi connectivity index (χ1v) is 5.59. The van der Waals surface area contributed by atoms with Gasteiger partial charge in [-0.1, -0.05) is 0 Å². The smallest absolute Gasteiger partial charge is 0.0609 e. The van der Waals surface area contributed by atoms with Gasteiger partial charge in [-0.2, -0.15) is 0 Å². The molecule has 0 amide bonds. The average molecular weight is 200 g/mol. The summed E-state index contributed by atoms with van der Waals surface area (Å²) in [6.07, 6.45) is 2.54. The van der Waals surface area contributed by atoms with E-state index in [2.05, 4.69) is 31.1 Å². The van der Waals surface area contributed by atoms with E-state index in [1.54, 1.807) is 0 Å². The van der Waals surface area contributed by atoms with Crippen molar-refractivity contribution < 1.29 is 5.11 Å². The number of nitrogens with zero attached hydrogens (tertiary/aromatic N) is 1. The van der Waals surface area contributed by atoms with E-state index in [-0.39, 0.29) is 12.1 Å². The van der Waals surface area contributed by atoms with Crippen LogP contribution >= 0.6 is 0 Å². The second kappa shape index (κ2) is 5.10. The van der Waals surface area contributed by atoms with Crippen molar-refractivity contribution in [1.82, 2.24) is 10.2 Å². The average Bonchev–Trinajstić information content (AvgIpc) is 2.19. The summed E-state index contributed by atoms with van der Waals surface area (Å²) in [6, 6.07) is 0. The molecule has 0 aromatic carbocycles. The summed E-state index contributed by atoms with van der Waals surface area (Å²) in [4.78, 5) is 2.28. The third-order valence-corrected chi connectivity index (χ3v) is 3.41. The molecule has 14 heavy (non-hydrogen) atoms. The molecule has 0 aromatic rings. The summed E-state index contributed by atoms with van der Waals surface area (Å²) in [6.45, 7) is 7.82. The molecule has 0 aromatic heterocycles. The Bertz CT molecular complexity index is 165. The normalized spacial score (nSPS) is 20.4. The summed E-state index contributed by atoms with van der Waals surface area (Å²) in [5.41, 5.74) is -0.0785. The third kappa shape index (κ3) is 3.23. The van der Waals surface area contributed by atoms with Crippen molar-refractivity contribution in [2.24, 2.45) is 5.92 Å². The van der Waals surface area contributed by atoms with Crippen LogP contribution in [0.4, 0.5) is 0 Å². The van der Waals surface area contributed by atoms with Gasteiger partial charge >= 0.3 is 0 Å². The maximum Gasteiger partial charge on any atom is 0.0609 e. The van der Waals surface area contributed by atoms with Gasteiger partial charge in [0.1, 0.15) is 0 Å². The van der Waals surface area contributed by atoms with Crippen molar-refractivity contribution in [2.75, 3.05) is 33.3 Å². The van der Waals surface area contributed by atoms with Crippen molar-refractivity contribution in [1.29, 1.82) is 0 Å². The summed E-state index contributed by atoms with van der Waals surface area (Å²) < 4.78 is 0. The zero-order valence-electron chi connectivity index (χ0n) is 9.71. The summed E-state index contributed by atoms with van der Waals surface area (Å²) in [5, 5.41) is 12.6. The highest BCUT2D eigenvalue weighted by Gasteiger charge is 2.25. The zero-order chi connectivity index (χ0) is 10.6. The Balaban J connectivity index is 2.34. The maximum absolute atomic E-state index is 9.24. The van der Waals surface area contributed by atoms with E-state index in [0.29, 0.717) is 0 Å². The van der Waals surface area contributed by atoms with Crippen molar-refractivity contribution in [3.05, 3.63) is 0 Å². The van der Waals surface area contributed by atoms with Gasteiger partial charge < -0.3 is 10.4 Å². The minimum atomic E-state index is -0.0785. The lowest BCUT2D eigenvalue weighted by atomic mass is 9.95. The highest BCUT2D eigenvalue weighted by molar-refractivity contribution is 4.81. The van der Waals surface area contributed by atoms with Crippen molar-refractivity contribution in [3.8, 4) is 0 Å². The summed E-state index contributed by atoms with van der Waals surface area (Å²) in [7, 11) is 2.11. The molecule has 0 atom stereocenters. The minimum Gasteiger partial charge on any atom is -0.394 e. The number of rotatable bonds is 4. The van der Waals surface area contributed by atoms with Gasteiger partial charge in [0.2, 0.25) is 0 Å². The molecule has 1 aliphatic rings. The fourth-order valence-electron chi connectivity index (χ4n) is 1.82. The van der Waals surface area contributed by atoms with Crippen LogP contribution in [0, 0.1) is 5.92 Å². The molecule has 2 N–H and O–H groups in total. The Morgan fingerprint density at radius 3 is 2.43 bits per heavy atom. The van der Waals surface area contributed by atoms with Gasteiger partial charge in [-0.3, -0.25) is 4.90 Å². The molecule has 0 spiro atoms. The number of hydrogen-bond acceptors (Lipinski definition) is 3. The molecule has 0 bridgehead atoms. The first kappa shape index (κ1) is 12.0. The molecule has 3 nitrogen and oxygen atoms in total. The first-order chi connectivity index (χ1) is 6.56. The highest BCUT2D eigenvalue weighted by Crippen LogP contribution is 2.18. The van der Waals surface area contributed by atoms with Crippen LogP contribution in [0.5, 0.6) is 0 Å². The van der Waals surface area contributed by atoms with Crippen molar-refractivity contribution in [3.63, 3.8) is 0 Å². The van der Waals surface area contributed by atoms with Crippen LogP contribution in [0.3, 0.4) is 0 Å². The molecule has 0 radical (unpaired) electrons. The molecule has 1 fully saturated rings. The van der Waals surface area contributed by atoms with Gasteiger partial charge in [-0.25, -0.2) is 0 Å². The zero-order valence-corrected chi connectivity index (χ0v) is 9.71. The van der Waals surface area contributed by atoms with E-state index >= 15 is 0 Å². The van der Waals surface area contributed by atoms with Gasteiger partial charge in [0.05, 0.1) is 6.61 Å². The molecule has 3 heteroatoms. The molecule has 1 rings (SSSR count). The Morgan fingerprint density at radius 2 is 1.93 bits per heavy atom. The molecule has 0 unspecified atom stereocenters. The van der Waals surface area contributed by atoms with Crippen LogP contribution in [0.2, 0.25) is 0 Å². The molecule has 84 valence electrons. The number of likely N-dealkylation sites (N-methyl/N-ethyl adjacent to an activating group) is 1. The van der Waals surface area contributed by atoms with Gasteiger partial charge in [0, 0.05) is 12.1 Å². The van der Waals surface area contributed by atoms with E-state index in [1.165, 1.54) is 12.8 Å². The lowest BCUT2D eigenvalue weighted by molar-refractivity contribution is 0.0619. The maximum atomic E-state index is 9.24. The second-order valence-electron chi connectivity index (χ2n) is 5.04. The Morgan fingerprint density at radius 1 is 1.36 bits per heavy atom. The van der Waals surface area contributed by atoms with Crippen molar-refractivity contribution in [2.45, 2.75) is 32.2 Å². The predicted octanol–water partition coefficient (Wildman–Crippen LogP) is 0.689. The lowest BCUT2D eigenvalue weighted by Gasteiger charge is -2.37. The quantitative estimate of drug-likeness (QED) is 0.701. The van der Waals surface area contributed by atoms with Gasteiger partial charge in [-0.15, -0.1) is 0 Å². The molecule has 1 saturated heterocycles. The van der Waals surface area contributed by atoms with Crippen LogP contribution in [0.1, 0.15) is 26.7 Å². The third-order valence-electron chi connectivity index (χ3n) is 3.41. The molecular weight excluding hydrogens is 176 g/mol. The van der Waals surface area contributed by atoms with E-state index < -0.39 is 0 Å². The molecule has 1 aliphatic heterocycles. The van der Waals surface area contributed by atoms with E-state index in [4.69, 9.17) is 0 Å². The Kier molecular flexibility index (Phi) is 4.35. The molecular formula is C11H24N2O. The van der Waals surface area contributed by atoms with Gasteiger partial charge in [0.15, 0.2) is 0 Å². The van der Waals surface area contributed by atoms with E-state index in [1.807, 2.05) is 0 Å². The summed E-state index contributed by atoms with van der Waals surface area (Å²) in [5.74, 6) is 0.798. The fraction of sp³-hybridized carbons (Fsp3) is 1.00. The standard InChI is InChI=1S/C11H24N2O/c1-11(2,9-14)13(3)8-10-4-6-12-7-5-10/h10,12,14H,4-9H2,1-3H3. The van der Waals surface area contributed by atoms with Crippen LogP contribution in [-0.2, 0) is 0 Å². The van der Waals surface area contributed by atoms with Crippen LogP contribution in [-0.4, -0.2) is 48.8 Å².